The molecular formula is C27H30N4O4S. The van der Waals surface area contributed by atoms with Crippen LogP contribution in [0.15, 0.2) is 66.7 Å². The fourth-order valence-corrected chi connectivity index (χ4v) is 5.10. The first-order valence-corrected chi connectivity index (χ1v) is 12.9. The van der Waals surface area contributed by atoms with Gasteiger partial charge in [0, 0.05) is 30.1 Å². The lowest BCUT2D eigenvalue weighted by atomic mass is 10.1. The number of thiophene rings is 1. The molecule has 0 radical (unpaired) electrons. The van der Waals surface area contributed by atoms with Crippen LogP contribution in [0, 0.1) is 0 Å². The smallest absolute Gasteiger partial charge is 0.319 e. The van der Waals surface area contributed by atoms with Crippen molar-refractivity contribution in [3.8, 4) is 10.4 Å². The molecule has 3 N–H and O–H groups in total. The van der Waals surface area contributed by atoms with Gasteiger partial charge in [-0.05, 0) is 61.3 Å². The molecule has 2 aromatic carbocycles. The average Bonchev–Trinajstić information content (AvgIpc) is 3.42. The molecule has 0 bridgehead atoms. The van der Waals surface area contributed by atoms with E-state index in [1.807, 2.05) is 36.4 Å². The van der Waals surface area contributed by atoms with Gasteiger partial charge in [0.15, 0.2) is 0 Å². The molecule has 1 aromatic heterocycles. The molecule has 1 saturated heterocycles. The number of benzene rings is 2. The summed E-state index contributed by atoms with van der Waals surface area (Å²) < 4.78 is 0. The van der Waals surface area contributed by atoms with Gasteiger partial charge in [-0.1, -0.05) is 48.9 Å². The molecule has 1 fully saturated rings. The highest BCUT2D eigenvalue weighted by Gasteiger charge is 2.20. The van der Waals surface area contributed by atoms with Crippen molar-refractivity contribution in [2.45, 2.75) is 25.8 Å². The maximum Gasteiger partial charge on any atom is 0.324 e. The van der Waals surface area contributed by atoms with Crippen molar-refractivity contribution in [1.82, 2.24) is 20.6 Å². The minimum atomic E-state index is -0.539. The van der Waals surface area contributed by atoms with Crippen molar-refractivity contribution in [2.75, 3.05) is 26.2 Å². The highest BCUT2D eigenvalue weighted by Crippen LogP contribution is 2.28. The molecule has 0 unspecified atom stereocenters. The highest BCUT2D eigenvalue weighted by atomic mass is 32.1. The number of urea groups is 1. The maximum absolute atomic E-state index is 13.1. The number of amides is 4. The molecule has 1 aliphatic rings. The Labute approximate surface area is 214 Å². The zero-order chi connectivity index (χ0) is 25.3. The summed E-state index contributed by atoms with van der Waals surface area (Å²) in [7, 11) is 0. The van der Waals surface area contributed by atoms with Crippen molar-refractivity contribution in [3.05, 3.63) is 82.7 Å². The van der Waals surface area contributed by atoms with Crippen LogP contribution in [0.3, 0.4) is 0 Å². The summed E-state index contributed by atoms with van der Waals surface area (Å²) in [6, 6.07) is 19.6. The lowest BCUT2D eigenvalue weighted by molar-refractivity contribution is 0.0711. The summed E-state index contributed by atoms with van der Waals surface area (Å²) in [5.74, 6) is -0.956. The lowest BCUT2D eigenvalue weighted by Gasteiger charge is -2.30. The minimum absolute atomic E-state index is 0.366. The van der Waals surface area contributed by atoms with Gasteiger partial charge in [-0.25, -0.2) is 10.3 Å². The maximum atomic E-state index is 13.1. The quantitative estimate of drug-likeness (QED) is 0.311. The predicted molar refractivity (Wildman–Crippen MR) is 139 cm³/mol. The molecule has 0 saturated carbocycles. The van der Waals surface area contributed by atoms with E-state index in [-0.39, 0.29) is 0 Å². The number of imide groups is 1. The number of carbonyl (C=O) groups excluding carboxylic acids is 3. The van der Waals surface area contributed by atoms with Crippen LogP contribution < -0.4 is 10.8 Å². The van der Waals surface area contributed by atoms with E-state index in [2.05, 4.69) is 10.2 Å². The standard InChI is InChI=1S/C27H30N4O4S/c32-25(22-7-3-1-4-8-22)28-27(34)31(18-17-30-15-5-2-6-16-30)19-20-9-11-21(12-10-20)23-13-14-24(36-23)26(33)29-35/h1,3-4,7-14,35H,2,5-6,15-19H2,(H,29,33)(H,28,32,34). The van der Waals surface area contributed by atoms with Crippen molar-refractivity contribution in [3.63, 3.8) is 0 Å². The van der Waals surface area contributed by atoms with Gasteiger partial charge in [-0.15, -0.1) is 11.3 Å². The Morgan fingerprint density at radius 3 is 2.31 bits per heavy atom. The molecule has 1 aliphatic heterocycles. The van der Waals surface area contributed by atoms with E-state index in [0.717, 1.165) is 35.6 Å². The summed E-state index contributed by atoms with van der Waals surface area (Å²) in [4.78, 5) is 42.7. The van der Waals surface area contributed by atoms with E-state index < -0.39 is 17.8 Å². The van der Waals surface area contributed by atoms with Crippen LogP contribution in [0.5, 0.6) is 0 Å². The molecule has 4 amide bonds. The van der Waals surface area contributed by atoms with Gasteiger partial charge in [0.2, 0.25) is 0 Å². The van der Waals surface area contributed by atoms with Gasteiger partial charge in [0.25, 0.3) is 11.8 Å². The molecular weight excluding hydrogens is 476 g/mol. The van der Waals surface area contributed by atoms with Gasteiger partial charge in [0.05, 0.1) is 4.88 Å². The lowest BCUT2D eigenvalue weighted by Crippen LogP contribution is -2.46. The Morgan fingerprint density at radius 2 is 1.61 bits per heavy atom. The second-order valence-corrected chi connectivity index (χ2v) is 9.83. The van der Waals surface area contributed by atoms with Crippen molar-refractivity contribution in [1.29, 1.82) is 0 Å². The van der Waals surface area contributed by atoms with Gasteiger partial charge in [-0.3, -0.25) is 20.1 Å². The predicted octanol–water partition coefficient (Wildman–Crippen LogP) is 4.37. The third-order valence-electron chi connectivity index (χ3n) is 6.22. The van der Waals surface area contributed by atoms with Crippen LogP contribution in [0.1, 0.15) is 44.9 Å². The highest BCUT2D eigenvalue weighted by molar-refractivity contribution is 7.17. The number of carbonyl (C=O) groups is 3. The zero-order valence-electron chi connectivity index (χ0n) is 20.0. The topological polar surface area (TPSA) is 102 Å². The number of piperidine rings is 1. The molecule has 9 heteroatoms. The molecule has 0 atom stereocenters. The molecule has 3 aromatic rings. The summed E-state index contributed by atoms with van der Waals surface area (Å²) in [5.41, 5.74) is 3.96. The number of nitrogens with zero attached hydrogens (tertiary/aromatic N) is 2. The van der Waals surface area contributed by atoms with E-state index in [1.165, 1.54) is 30.6 Å². The Hall–Kier alpha value is -3.53. The molecule has 2 heterocycles. The zero-order valence-corrected chi connectivity index (χ0v) is 20.8. The second kappa shape index (κ2) is 12.4. The fraction of sp³-hybridized carbons (Fsp3) is 0.296. The number of rotatable bonds is 8. The number of likely N-dealkylation sites (tertiary alicyclic amines) is 1. The molecule has 36 heavy (non-hydrogen) atoms. The third-order valence-corrected chi connectivity index (χ3v) is 7.35. The molecule has 0 spiro atoms. The number of hydrogen-bond acceptors (Lipinski definition) is 6. The van der Waals surface area contributed by atoms with Crippen molar-refractivity contribution >= 4 is 29.2 Å². The van der Waals surface area contributed by atoms with E-state index in [9.17, 15) is 14.4 Å². The summed E-state index contributed by atoms with van der Waals surface area (Å²) in [6.45, 7) is 3.70. The van der Waals surface area contributed by atoms with Crippen LogP contribution >= 0.6 is 11.3 Å². The van der Waals surface area contributed by atoms with Crippen LogP contribution in [-0.2, 0) is 6.54 Å². The van der Waals surface area contributed by atoms with E-state index in [4.69, 9.17) is 5.21 Å². The van der Waals surface area contributed by atoms with Crippen molar-refractivity contribution in [2.24, 2.45) is 0 Å². The number of nitrogens with one attached hydrogen (secondary N) is 2. The van der Waals surface area contributed by atoms with Gasteiger partial charge >= 0.3 is 6.03 Å². The Bertz CT molecular complexity index is 1170. The SMILES string of the molecule is O=C(NC(=O)N(CCN1CCCCC1)Cc1ccc(-c2ccc(C(=O)NO)s2)cc1)c1ccccc1. The van der Waals surface area contributed by atoms with Crippen LogP contribution in [0.2, 0.25) is 0 Å². The average molecular weight is 507 g/mol. The summed E-state index contributed by atoms with van der Waals surface area (Å²) >= 11 is 1.28. The summed E-state index contributed by atoms with van der Waals surface area (Å²) in [5, 5.41) is 11.4. The van der Waals surface area contributed by atoms with E-state index in [0.29, 0.717) is 23.5 Å². The Kier molecular flexibility index (Phi) is 8.83. The van der Waals surface area contributed by atoms with Crippen LogP contribution in [0.25, 0.3) is 10.4 Å². The van der Waals surface area contributed by atoms with Gasteiger partial charge < -0.3 is 9.80 Å². The second-order valence-electron chi connectivity index (χ2n) is 8.75. The van der Waals surface area contributed by atoms with Crippen molar-refractivity contribution < 1.29 is 19.6 Å². The number of hydroxylamine groups is 1. The Morgan fingerprint density at radius 1 is 0.889 bits per heavy atom. The first-order valence-electron chi connectivity index (χ1n) is 12.0. The van der Waals surface area contributed by atoms with Crippen LogP contribution in [-0.4, -0.2) is 59.0 Å². The van der Waals surface area contributed by atoms with Gasteiger partial charge in [0.1, 0.15) is 0 Å². The first kappa shape index (κ1) is 25.6. The monoisotopic (exact) mass is 506 g/mol. The fourth-order valence-electron chi connectivity index (χ4n) is 4.20. The largest absolute Gasteiger partial charge is 0.324 e. The Balaban J connectivity index is 1.44. The molecule has 188 valence electrons. The molecule has 0 aliphatic carbocycles. The van der Waals surface area contributed by atoms with E-state index >= 15 is 0 Å². The summed E-state index contributed by atoms with van der Waals surface area (Å²) in [6.07, 6.45) is 3.59. The molecule has 4 rings (SSSR count). The first-order chi connectivity index (χ1) is 17.5. The normalized spacial score (nSPS) is 13.7. The minimum Gasteiger partial charge on any atom is -0.319 e. The third kappa shape index (κ3) is 6.78. The molecule has 8 nitrogen and oxygen atoms in total. The van der Waals surface area contributed by atoms with Gasteiger partial charge in [-0.2, -0.15) is 0 Å². The van der Waals surface area contributed by atoms with Crippen LogP contribution in [0.4, 0.5) is 4.79 Å². The van der Waals surface area contributed by atoms with E-state index in [1.54, 1.807) is 40.7 Å². The number of hydrogen-bond donors (Lipinski definition) is 3.